The third kappa shape index (κ3) is 2.53. The summed E-state index contributed by atoms with van der Waals surface area (Å²) in [5.74, 6) is 0.849. The Morgan fingerprint density at radius 1 is 1.15 bits per heavy atom. The third-order valence-corrected chi connectivity index (χ3v) is 3.15. The average molecular weight is 283 g/mol. The lowest BCUT2D eigenvalue weighted by Crippen LogP contribution is -2.12. The minimum Gasteiger partial charge on any atom is -0.369 e. The van der Waals surface area contributed by atoms with E-state index in [1.165, 1.54) is 0 Å². The van der Waals surface area contributed by atoms with Gasteiger partial charge in [-0.25, -0.2) is 0 Å². The van der Waals surface area contributed by atoms with Gasteiger partial charge in [0.1, 0.15) is 12.4 Å². The van der Waals surface area contributed by atoms with Crippen molar-refractivity contribution in [2.75, 3.05) is 0 Å². The first-order valence-electron chi connectivity index (χ1n) is 6.20. The number of hydrogen-bond acceptors (Lipinski definition) is 3. The maximum absolute atomic E-state index is 12.4. The summed E-state index contributed by atoms with van der Waals surface area (Å²) in [5, 5.41) is 7.81. The number of rotatable bonds is 2. The van der Waals surface area contributed by atoms with Crippen molar-refractivity contribution >= 4 is 0 Å². The topological polar surface area (TPSA) is 39.9 Å². The molecule has 1 aromatic heterocycles. The molecular weight excluding hydrogens is 271 g/mol. The molecule has 1 aliphatic heterocycles. The smallest absolute Gasteiger partial charge is 0.369 e. The molecule has 0 aliphatic carbocycles. The SMILES string of the molecule is FC(F)(F)CCc1nnc2n1-c1ccccc1COC2. The van der Waals surface area contributed by atoms with Crippen LogP contribution >= 0.6 is 0 Å². The maximum atomic E-state index is 12.4. The molecule has 4 nitrogen and oxygen atoms in total. The quantitative estimate of drug-likeness (QED) is 0.851. The molecule has 0 unspecified atom stereocenters. The van der Waals surface area contributed by atoms with Gasteiger partial charge < -0.3 is 4.74 Å². The Kier molecular flexibility index (Phi) is 3.21. The van der Waals surface area contributed by atoms with E-state index in [4.69, 9.17) is 4.74 Å². The summed E-state index contributed by atoms with van der Waals surface area (Å²) in [5.41, 5.74) is 1.71. The van der Waals surface area contributed by atoms with E-state index < -0.39 is 12.6 Å². The van der Waals surface area contributed by atoms with Crippen LogP contribution in [0.1, 0.15) is 23.6 Å². The molecule has 0 saturated heterocycles. The van der Waals surface area contributed by atoms with Crippen molar-refractivity contribution in [3.8, 4) is 5.69 Å². The van der Waals surface area contributed by atoms with Crippen LogP contribution in [0.5, 0.6) is 0 Å². The molecule has 7 heteroatoms. The molecule has 0 fully saturated rings. The van der Waals surface area contributed by atoms with E-state index in [0.717, 1.165) is 11.3 Å². The standard InChI is InChI=1S/C13H12F3N3O/c14-13(15,16)6-5-11-17-18-12-8-20-7-9-3-1-2-4-10(9)19(11)12/h1-4H,5-8H2. The zero-order chi connectivity index (χ0) is 14.2. The van der Waals surface area contributed by atoms with Crippen LogP contribution in [0.15, 0.2) is 24.3 Å². The van der Waals surface area contributed by atoms with E-state index in [0.29, 0.717) is 18.3 Å². The second-order valence-electron chi connectivity index (χ2n) is 4.60. The van der Waals surface area contributed by atoms with Crippen molar-refractivity contribution in [2.45, 2.75) is 32.2 Å². The molecule has 0 bridgehead atoms. The predicted octanol–water partition coefficient (Wildman–Crippen LogP) is 2.79. The normalized spacial score (nSPS) is 14.6. The Morgan fingerprint density at radius 3 is 2.75 bits per heavy atom. The molecule has 1 aliphatic rings. The summed E-state index contributed by atoms with van der Waals surface area (Å²) in [6, 6.07) is 7.43. The second-order valence-corrected chi connectivity index (χ2v) is 4.60. The van der Waals surface area contributed by atoms with Crippen LogP contribution in [0, 0.1) is 0 Å². The van der Waals surface area contributed by atoms with Gasteiger partial charge in [-0.1, -0.05) is 18.2 Å². The van der Waals surface area contributed by atoms with Crippen molar-refractivity contribution in [3.63, 3.8) is 0 Å². The molecule has 20 heavy (non-hydrogen) atoms. The fourth-order valence-electron chi connectivity index (χ4n) is 2.24. The van der Waals surface area contributed by atoms with Gasteiger partial charge in [-0.15, -0.1) is 10.2 Å². The Labute approximate surface area is 113 Å². The van der Waals surface area contributed by atoms with Crippen LogP contribution in [0.3, 0.4) is 0 Å². The monoisotopic (exact) mass is 283 g/mol. The first-order valence-corrected chi connectivity index (χ1v) is 6.20. The number of alkyl halides is 3. The number of ether oxygens (including phenoxy) is 1. The Hall–Kier alpha value is -1.89. The van der Waals surface area contributed by atoms with Gasteiger partial charge in [0.2, 0.25) is 0 Å². The molecule has 0 radical (unpaired) electrons. The summed E-state index contributed by atoms with van der Waals surface area (Å²) in [6.45, 7) is 0.659. The second kappa shape index (κ2) is 4.90. The van der Waals surface area contributed by atoms with E-state index in [-0.39, 0.29) is 13.0 Å². The van der Waals surface area contributed by atoms with Crippen molar-refractivity contribution in [1.82, 2.24) is 14.8 Å². The predicted molar refractivity (Wildman–Crippen MR) is 64.2 cm³/mol. The van der Waals surface area contributed by atoms with Crippen molar-refractivity contribution in [3.05, 3.63) is 41.5 Å². The fourth-order valence-corrected chi connectivity index (χ4v) is 2.24. The molecule has 2 aromatic rings. The summed E-state index contributed by atoms with van der Waals surface area (Å²) < 4.78 is 44.3. The Bertz CT molecular complexity index is 622. The molecule has 3 rings (SSSR count). The Balaban J connectivity index is 2.00. The number of aromatic nitrogens is 3. The number of aryl methyl sites for hydroxylation is 1. The largest absolute Gasteiger partial charge is 0.389 e. The zero-order valence-corrected chi connectivity index (χ0v) is 10.5. The molecule has 0 amide bonds. The van der Waals surface area contributed by atoms with Crippen LogP contribution in [0.4, 0.5) is 13.2 Å². The minimum absolute atomic E-state index is 0.190. The third-order valence-electron chi connectivity index (χ3n) is 3.15. The van der Waals surface area contributed by atoms with Gasteiger partial charge in [-0.05, 0) is 6.07 Å². The van der Waals surface area contributed by atoms with Gasteiger partial charge in [0.05, 0.1) is 18.7 Å². The molecule has 0 saturated carbocycles. The van der Waals surface area contributed by atoms with Gasteiger partial charge in [-0.2, -0.15) is 13.2 Å². The van der Waals surface area contributed by atoms with Gasteiger partial charge in [0, 0.05) is 12.0 Å². The molecule has 0 N–H and O–H groups in total. The molecular formula is C13H12F3N3O. The van der Waals surface area contributed by atoms with Crippen LogP contribution in [0.2, 0.25) is 0 Å². The minimum atomic E-state index is -4.20. The number of para-hydroxylation sites is 1. The Morgan fingerprint density at radius 2 is 1.95 bits per heavy atom. The van der Waals surface area contributed by atoms with Gasteiger partial charge in [-0.3, -0.25) is 4.57 Å². The summed E-state index contributed by atoms with van der Waals surface area (Å²) in [4.78, 5) is 0. The fraction of sp³-hybridized carbons (Fsp3) is 0.385. The number of hydrogen-bond donors (Lipinski definition) is 0. The van der Waals surface area contributed by atoms with Crippen molar-refractivity contribution in [1.29, 1.82) is 0 Å². The highest BCUT2D eigenvalue weighted by molar-refractivity contribution is 5.43. The number of fused-ring (bicyclic) bond motifs is 3. The average Bonchev–Trinajstić information content (AvgIpc) is 2.70. The molecule has 0 spiro atoms. The number of nitrogens with zero attached hydrogens (tertiary/aromatic N) is 3. The lowest BCUT2D eigenvalue weighted by atomic mass is 10.2. The van der Waals surface area contributed by atoms with Gasteiger partial charge in [0.15, 0.2) is 5.82 Å². The first-order chi connectivity index (χ1) is 9.54. The summed E-state index contributed by atoms with van der Waals surface area (Å²) in [7, 11) is 0. The van der Waals surface area contributed by atoms with Gasteiger partial charge in [0.25, 0.3) is 0 Å². The zero-order valence-electron chi connectivity index (χ0n) is 10.5. The van der Waals surface area contributed by atoms with E-state index in [1.54, 1.807) is 4.57 Å². The van der Waals surface area contributed by atoms with Crippen molar-refractivity contribution in [2.24, 2.45) is 0 Å². The highest BCUT2D eigenvalue weighted by Crippen LogP contribution is 2.26. The van der Waals surface area contributed by atoms with Crippen LogP contribution in [0.25, 0.3) is 5.69 Å². The molecule has 0 atom stereocenters. The molecule has 1 aromatic carbocycles. The lowest BCUT2D eigenvalue weighted by molar-refractivity contribution is -0.134. The van der Waals surface area contributed by atoms with Gasteiger partial charge >= 0.3 is 6.18 Å². The van der Waals surface area contributed by atoms with Crippen LogP contribution in [-0.2, 0) is 24.4 Å². The lowest BCUT2D eigenvalue weighted by Gasteiger charge is -2.11. The molecule has 2 heterocycles. The van der Waals surface area contributed by atoms with E-state index in [2.05, 4.69) is 10.2 Å². The van der Waals surface area contributed by atoms with E-state index >= 15 is 0 Å². The summed E-state index contributed by atoms with van der Waals surface area (Å²) >= 11 is 0. The van der Waals surface area contributed by atoms with Crippen LogP contribution in [-0.4, -0.2) is 20.9 Å². The number of halogens is 3. The maximum Gasteiger partial charge on any atom is 0.389 e. The first kappa shape index (κ1) is 13.1. The van der Waals surface area contributed by atoms with E-state index in [1.807, 2.05) is 24.3 Å². The number of benzene rings is 1. The van der Waals surface area contributed by atoms with Crippen molar-refractivity contribution < 1.29 is 17.9 Å². The molecule has 106 valence electrons. The highest BCUT2D eigenvalue weighted by Gasteiger charge is 2.29. The van der Waals surface area contributed by atoms with E-state index in [9.17, 15) is 13.2 Å². The summed E-state index contributed by atoms with van der Waals surface area (Å²) in [6.07, 6.45) is -5.30. The van der Waals surface area contributed by atoms with Crippen LogP contribution < -0.4 is 0 Å². The highest BCUT2D eigenvalue weighted by atomic mass is 19.4.